The molecule has 1 amide bonds. The Labute approximate surface area is 220 Å². The van der Waals surface area contributed by atoms with Crippen LogP contribution >= 0.6 is 15.9 Å². The molecular formula is C27H25BrF2N2O5. The molecule has 3 N–H and O–H groups in total. The van der Waals surface area contributed by atoms with Crippen LogP contribution in [0.3, 0.4) is 0 Å². The van der Waals surface area contributed by atoms with Gasteiger partial charge >= 0.3 is 6.43 Å². The van der Waals surface area contributed by atoms with Crippen LogP contribution in [0.1, 0.15) is 22.6 Å². The van der Waals surface area contributed by atoms with E-state index in [1.807, 2.05) is 54.6 Å². The molecule has 0 saturated heterocycles. The first-order valence-electron chi connectivity index (χ1n) is 11.7. The number of ether oxygens (including phenoxy) is 2. The molecule has 5 rings (SSSR count). The van der Waals surface area contributed by atoms with Gasteiger partial charge < -0.3 is 25.0 Å². The summed E-state index contributed by atoms with van der Waals surface area (Å²) in [5.41, 5.74) is -1.76. The first-order valence-corrected chi connectivity index (χ1v) is 12.5. The summed E-state index contributed by atoms with van der Waals surface area (Å²) in [7, 11) is 1.43. The van der Waals surface area contributed by atoms with Crippen LogP contribution in [0.25, 0.3) is 0 Å². The largest absolute Gasteiger partial charge is 0.495 e. The van der Waals surface area contributed by atoms with Gasteiger partial charge in [-0.1, -0.05) is 58.4 Å². The smallest absolute Gasteiger partial charge is 0.315 e. The summed E-state index contributed by atoms with van der Waals surface area (Å²) in [4.78, 5) is 16.1. The molecule has 7 nitrogen and oxygen atoms in total. The van der Waals surface area contributed by atoms with Crippen molar-refractivity contribution in [3.8, 4) is 11.5 Å². The lowest BCUT2D eigenvalue weighted by atomic mass is 9.70. The fraction of sp³-hybridized carbons (Fsp3) is 0.333. The van der Waals surface area contributed by atoms with E-state index in [0.717, 1.165) is 10.0 Å². The number of amides is 1. The number of methoxy groups -OCH3 is 1. The Balaban J connectivity index is 1.82. The number of nitrogens with one attached hydrogen (secondary N) is 1. The molecule has 0 unspecified atom stereocenters. The summed E-state index contributed by atoms with van der Waals surface area (Å²) in [6.45, 7) is -0.734. The number of halogens is 3. The second-order valence-electron chi connectivity index (χ2n) is 9.21. The summed E-state index contributed by atoms with van der Waals surface area (Å²) in [5, 5.41) is 25.9. The van der Waals surface area contributed by atoms with Crippen LogP contribution < -0.4 is 14.8 Å². The van der Waals surface area contributed by atoms with Crippen molar-refractivity contribution in [2.75, 3.05) is 20.3 Å². The maximum atomic E-state index is 13.1. The Bertz CT molecular complexity index is 1300. The van der Waals surface area contributed by atoms with Crippen molar-refractivity contribution in [2.24, 2.45) is 11.8 Å². The average Bonchev–Trinajstić information content (AvgIpc) is 3.29. The maximum absolute atomic E-state index is 13.1. The number of hydrogen-bond acceptors (Lipinski definition) is 6. The molecule has 2 heterocycles. The lowest BCUT2D eigenvalue weighted by Gasteiger charge is -2.42. The number of alkyl halides is 2. The number of aromatic nitrogens is 1. The van der Waals surface area contributed by atoms with Crippen LogP contribution in [0, 0.1) is 11.8 Å². The van der Waals surface area contributed by atoms with Crippen molar-refractivity contribution in [1.82, 2.24) is 10.3 Å². The zero-order chi connectivity index (χ0) is 26.4. The highest BCUT2D eigenvalue weighted by Gasteiger charge is 2.76. The number of pyridine rings is 1. The molecule has 1 saturated carbocycles. The highest BCUT2D eigenvalue weighted by Crippen LogP contribution is 2.71. The summed E-state index contributed by atoms with van der Waals surface area (Å²) >= 11 is 3.45. The molecular weight excluding hydrogens is 550 g/mol. The van der Waals surface area contributed by atoms with E-state index >= 15 is 0 Å². The number of aliphatic hydroxyl groups excluding tert-OH is 1. The third kappa shape index (κ3) is 3.72. The van der Waals surface area contributed by atoms with Gasteiger partial charge in [-0.05, 0) is 23.3 Å². The van der Waals surface area contributed by atoms with Gasteiger partial charge in [0.25, 0.3) is 5.91 Å². The number of hydrogen-bond donors (Lipinski definition) is 3. The molecule has 10 heteroatoms. The third-order valence-corrected chi connectivity index (χ3v) is 8.10. The predicted molar refractivity (Wildman–Crippen MR) is 133 cm³/mol. The van der Waals surface area contributed by atoms with Gasteiger partial charge in [0, 0.05) is 35.4 Å². The molecule has 2 aromatic carbocycles. The number of carbonyl (C=O) groups is 1. The molecule has 1 fully saturated rings. The van der Waals surface area contributed by atoms with E-state index in [1.54, 1.807) is 0 Å². The van der Waals surface area contributed by atoms with E-state index in [-0.39, 0.29) is 18.0 Å². The Morgan fingerprint density at radius 3 is 2.51 bits per heavy atom. The highest BCUT2D eigenvalue weighted by molar-refractivity contribution is 9.10. The van der Waals surface area contributed by atoms with E-state index in [1.165, 1.54) is 19.5 Å². The fourth-order valence-corrected chi connectivity index (χ4v) is 6.45. The van der Waals surface area contributed by atoms with Gasteiger partial charge in [-0.25, -0.2) is 0 Å². The van der Waals surface area contributed by atoms with Gasteiger partial charge in [0.15, 0.2) is 5.60 Å². The summed E-state index contributed by atoms with van der Waals surface area (Å²) in [6, 6.07) is 16.5. The van der Waals surface area contributed by atoms with E-state index in [0.29, 0.717) is 11.1 Å². The second-order valence-corrected chi connectivity index (χ2v) is 10.1. The summed E-state index contributed by atoms with van der Waals surface area (Å²) < 4.78 is 39.4. The van der Waals surface area contributed by atoms with Crippen LogP contribution in [0.15, 0.2) is 71.5 Å². The van der Waals surface area contributed by atoms with Crippen molar-refractivity contribution in [3.05, 3.63) is 88.2 Å². The van der Waals surface area contributed by atoms with Crippen molar-refractivity contribution in [1.29, 1.82) is 0 Å². The normalized spacial score (nSPS) is 27.9. The third-order valence-electron chi connectivity index (χ3n) is 7.57. The predicted octanol–water partition coefficient (Wildman–Crippen LogP) is 3.73. The number of carbonyl (C=O) groups excluding carboxylic acids is 1. The fourth-order valence-electron chi connectivity index (χ4n) is 6.19. The molecule has 0 bridgehead atoms. The van der Waals surface area contributed by atoms with E-state index in [2.05, 4.69) is 26.2 Å². The molecule has 2 aliphatic rings. The van der Waals surface area contributed by atoms with Gasteiger partial charge in [0.05, 0.1) is 25.1 Å². The first-order chi connectivity index (χ1) is 17.8. The molecule has 1 aromatic heterocycles. The average molecular weight is 575 g/mol. The number of aliphatic hydroxyl groups is 2. The minimum absolute atomic E-state index is 0.245. The van der Waals surface area contributed by atoms with Gasteiger partial charge in [0.2, 0.25) is 0 Å². The Morgan fingerprint density at radius 2 is 1.89 bits per heavy atom. The van der Waals surface area contributed by atoms with Crippen LogP contribution in [0.5, 0.6) is 11.5 Å². The standard InChI is InChI=1S/C27H25BrF2N2O5/c1-36-20-12-31-13-21-23(20)26(35)19(11-32-25(34)24(29)30)18(14-33)22(15-5-3-2-4-6-15)27(26,37-21)16-7-9-17(28)10-8-16/h2-10,12-13,18-19,22,24,33,35H,11,14H2,1H3,(H,32,34)/t18-,19-,22+,26+,27-/m0/s1. The molecule has 0 spiro atoms. The molecule has 37 heavy (non-hydrogen) atoms. The Hall–Kier alpha value is -3.08. The molecule has 0 radical (unpaired) electrons. The minimum Gasteiger partial charge on any atom is -0.495 e. The van der Waals surface area contributed by atoms with E-state index < -0.39 is 47.9 Å². The van der Waals surface area contributed by atoms with Crippen molar-refractivity contribution in [3.63, 3.8) is 0 Å². The second kappa shape index (κ2) is 9.66. The number of benzene rings is 2. The van der Waals surface area contributed by atoms with Crippen molar-refractivity contribution in [2.45, 2.75) is 23.5 Å². The number of nitrogens with zero attached hydrogens (tertiary/aromatic N) is 1. The van der Waals surface area contributed by atoms with Crippen LogP contribution in [-0.4, -0.2) is 47.8 Å². The van der Waals surface area contributed by atoms with Crippen molar-refractivity contribution < 1.29 is 33.3 Å². The zero-order valence-corrected chi connectivity index (χ0v) is 21.4. The lowest BCUT2D eigenvalue weighted by Crippen LogP contribution is -2.52. The van der Waals surface area contributed by atoms with E-state index in [4.69, 9.17) is 9.47 Å². The van der Waals surface area contributed by atoms with Crippen LogP contribution in [0.4, 0.5) is 8.78 Å². The van der Waals surface area contributed by atoms with Gasteiger partial charge in [-0.3, -0.25) is 9.78 Å². The number of rotatable bonds is 7. The summed E-state index contributed by atoms with van der Waals surface area (Å²) in [6.07, 6.45) is -0.314. The Kier molecular flexibility index (Phi) is 6.68. The number of fused-ring (bicyclic) bond motifs is 3. The van der Waals surface area contributed by atoms with E-state index in [9.17, 15) is 23.8 Å². The monoisotopic (exact) mass is 574 g/mol. The molecule has 3 aromatic rings. The minimum atomic E-state index is -3.23. The molecule has 1 aliphatic carbocycles. The topological polar surface area (TPSA) is 101 Å². The molecule has 1 aliphatic heterocycles. The van der Waals surface area contributed by atoms with Crippen LogP contribution in [-0.2, 0) is 16.0 Å². The lowest BCUT2D eigenvalue weighted by molar-refractivity contribution is -0.137. The molecule has 194 valence electrons. The zero-order valence-electron chi connectivity index (χ0n) is 19.8. The summed E-state index contributed by atoms with van der Waals surface area (Å²) in [5.74, 6) is -3.22. The quantitative estimate of drug-likeness (QED) is 0.397. The van der Waals surface area contributed by atoms with Crippen LogP contribution in [0.2, 0.25) is 0 Å². The highest BCUT2D eigenvalue weighted by atomic mass is 79.9. The first kappa shape index (κ1) is 25.6. The maximum Gasteiger partial charge on any atom is 0.315 e. The van der Waals surface area contributed by atoms with Gasteiger partial charge in [-0.15, -0.1) is 0 Å². The molecule has 5 atom stereocenters. The van der Waals surface area contributed by atoms with Crippen molar-refractivity contribution >= 4 is 21.8 Å². The van der Waals surface area contributed by atoms with Gasteiger partial charge in [-0.2, -0.15) is 8.78 Å². The SMILES string of the molecule is COc1cncc2c1[C@]1(O)[C@@H](CNC(=O)C(F)F)[C@H](CO)[C@@H](c3ccccc3)[C@]1(c1ccc(Br)cc1)O2. The Morgan fingerprint density at radius 1 is 1.19 bits per heavy atom. The van der Waals surface area contributed by atoms with Gasteiger partial charge in [0.1, 0.15) is 17.1 Å².